The number of aliphatic hydroxyl groups is 1. The molecule has 1 aliphatic rings. The summed E-state index contributed by atoms with van der Waals surface area (Å²) < 4.78 is 0.828. The standard InChI is InChI=1S/C13H13BrN6O/c14-10-6-17-12(18-7-10)19-4-5-20(11(8-19)9-21)13-15-2-1-3-16-13/h1-3,6-8,21H,4-5,9H2. The Balaban J connectivity index is 1.87. The highest BCUT2D eigenvalue weighted by Crippen LogP contribution is 2.20. The number of aliphatic hydroxyl groups excluding tert-OH is 1. The topological polar surface area (TPSA) is 78.3 Å². The van der Waals surface area contributed by atoms with Crippen molar-refractivity contribution in [3.05, 3.63) is 47.2 Å². The molecule has 3 heterocycles. The van der Waals surface area contributed by atoms with Gasteiger partial charge < -0.3 is 14.9 Å². The van der Waals surface area contributed by atoms with E-state index in [2.05, 4.69) is 35.9 Å². The molecule has 0 radical (unpaired) electrons. The summed E-state index contributed by atoms with van der Waals surface area (Å²) in [6.45, 7) is 1.23. The lowest BCUT2D eigenvalue weighted by Gasteiger charge is -2.33. The summed E-state index contributed by atoms with van der Waals surface area (Å²) in [5, 5.41) is 9.59. The summed E-state index contributed by atoms with van der Waals surface area (Å²) in [4.78, 5) is 20.7. The van der Waals surface area contributed by atoms with Gasteiger partial charge in [0, 0.05) is 44.1 Å². The smallest absolute Gasteiger partial charge is 0.229 e. The van der Waals surface area contributed by atoms with Crippen LogP contribution in [-0.4, -0.2) is 44.7 Å². The van der Waals surface area contributed by atoms with Gasteiger partial charge in [-0.15, -0.1) is 0 Å². The molecule has 0 saturated heterocycles. The van der Waals surface area contributed by atoms with Crippen LogP contribution in [0.3, 0.4) is 0 Å². The van der Waals surface area contributed by atoms with E-state index in [1.54, 1.807) is 30.9 Å². The number of nitrogens with zero attached hydrogens (tertiary/aromatic N) is 6. The number of anilines is 2. The van der Waals surface area contributed by atoms with Crippen molar-refractivity contribution in [1.82, 2.24) is 19.9 Å². The van der Waals surface area contributed by atoms with E-state index in [-0.39, 0.29) is 6.61 Å². The summed E-state index contributed by atoms with van der Waals surface area (Å²) in [5.41, 5.74) is 0.707. The molecule has 1 aliphatic heterocycles. The third-order valence-electron chi connectivity index (χ3n) is 3.04. The van der Waals surface area contributed by atoms with Gasteiger partial charge in [0.05, 0.1) is 16.8 Å². The van der Waals surface area contributed by atoms with E-state index in [1.165, 1.54) is 0 Å². The van der Waals surface area contributed by atoms with E-state index in [0.29, 0.717) is 30.7 Å². The fourth-order valence-corrected chi connectivity index (χ4v) is 2.27. The Hall–Kier alpha value is -2.06. The number of hydrogen-bond acceptors (Lipinski definition) is 7. The van der Waals surface area contributed by atoms with Gasteiger partial charge in [0.25, 0.3) is 0 Å². The quantitative estimate of drug-likeness (QED) is 0.892. The number of hydrogen-bond donors (Lipinski definition) is 1. The molecule has 0 bridgehead atoms. The minimum absolute atomic E-state index is 0.106. The molecule has 7 nitrogen and oxygen atoms in total. The second-order valence-electron chi connectivity index (χ2n) is 4.37. The van der Waals surface area contributed by atoms with Gasteiger partial charge in [-0.05, 0) is 22.0 Å². The molecule has 2 aromatic heterocycles. The molecule has 0 atom stereocenters. The first-order valence-electron chi connectivity index (χ1n) is 6.38. The van der Waals surface area contributed by atoms with Crippen LogP contribution >= 0.6 is 15.9 Å². The van der Waals surface area contributed by atoms with E-state index in [4.69, 9.17) is 0 Å². The second kappa shape index (κ2) is 6.15. The van der Waals surface area contributed by atoms with Gasteiger partial charge in [0.1, 0.15) is 0 Å². The Morgan fingerprint density at radius 1 is 1.05 bits per heavy atom. The molecule has 0 aromatic carbocycles. The van der Waals surface area contributed by atoms with Crippen molar-refractivity contribution in [1.29, 1.82) is 0 Å². The van der Waals surface area contributed by atoms with Crippen molar-refractivity contribution in [2.24, 2.45) is 0 Å². The third-order valence-corrected chi connectivity index (χ3v) is 3.44. The summed E-state index contributed by atoms with van der Waals surface area (Å²) in [5.74, 6) is 1.17. The maximum absolute atomic E-state index is 9.59. The van der Waals surface area contributed by atoms with Crippen molar-refractivity contribution in [2.75, 3.05) is 29.5 Å². The van der Waals surface area contributed by atoms with Crippen LogP contribution in [-0.2, 0) is 0 Å². The minimum atomic E-state index is -0.106. The number of halogens is 1. The van der Waals surface area contributed by atoms with E-state index in [1.807, 2.05) is 16.0 Å². The molecule has 1 N–H and O–H groups in total. The first kappa shape index (κ1) is 13.9. The Kier molecular flexibility index (Phi) is 4.07. The van der Waals surface area contributed by atoms with Crippen molar-refractivity contribution >= 4 is 27.8 Å². The maximum Gasteiger partial charge on any atom is 0.229 e. The lowest BCUT2D eigenvalue weighted by atomic mass is 10.3. The highest BCUT2D eigenvalue weighted by Gasteiger charge is 2.22. The first-order valence-corrected chi connectivity index (χ1v) is 7.17. The average Bonchev–Trinajstić information content (AvgIpc) is 2.56. The predicted molar refractivity (Wildman–Crippen MR) is 81.6 cm³/mol. The zero-order valence-electron chi connectivity index (χ0n) is 11.1. The molecule has 0 saturated carbocycles. The van der Waals surface area contributed by atoms with Crippen LogP contribution in [0.5, 0.6) is 0 Å². The van der Waals surface area contributed by atoms with Crippen molar-refractivity contribution in [3.8, 4) is 0 Å². The molecule has 0 unspecified atom stereocenters. The molecule has 0 aliphatic carbocycles. The first-order chi connectivity index (χ1) is 10.3. The van der Waals surface area contributed by atoms with Gasteiger partial charge in [0.2, 0.25) is 11.9 Å². The van der Waals surface area contributed by atoms with Gasteiger partial charge in [-0.25, -0.2) is 19.9 Å². The molecule has 21 heavy (non-hydrogen) atoms. The number of rotatable bonds is 3. The van der Waals surface area contributed by atoms with E-state index in [9.17, 15) is 5.11 Å². The average molecular weight is 349 g/mol. The molecule has 8 heteroatoms. The summed E-state index contributed by atoms with van der Waals surface area (Å²) in [6.07, 6.45) is 8.58. The van der Waals surface area contributed by atoms with Gasteiger partial charge in [-0.2, -0.15) is 0 Å². The predicted octanol–water partition coefficient (Wildman–Crippen LogP) is 1.19. The van der Waals surface area contributed by atoms with Crippen LogP contribution in [0.25, 0.3) is 0 Å². The molecule has 0 spiro atoms. The highest BCUT2D eigenvalue weighted by molar-refractivity contribution is 9.10. The maximum atomic E-state index is 9.59. The second-order valence-corrected chi connectivity index (χ2v) is 5.29. The third kappa shape index (κ3) is 3.01. The minimum Gasteiger partial charge on any atom is -0.390 e. The fourth-order valence-electron chi connectivity index (χ4n) is 2.06. The highest BCUT2D eigenvalue weighted by atomic mass is 79.9. The Labute approximate surface area is 130 Å². The Morgan fingerprint density at radius 2 is 1.76 bits per heavy atom. The zero-order valence-corrected chi connectivity index (χ0v) is 12.7. The van der Waals surface area contributed by atoms with Crippen LogP contribution < -0.4 is 9.80 Å². The van der Waals surface area contributed by atoms with Gasteiger partial charge in [-0.3, -0.25) is 0 Å². The van der Waals surface area contributed by atoms with Gasteiger partial charge >= 0.3 is 0 Å². The SMILES string of the molecule is OCC1=CN(c2ncc(Br)cn2)CCN1c1ncccn1. The molecular formula is C13H13BrN6O. The lowest BCUT2D eigenvalue weighted by molar-refractivity contribution is 0.324. The van der Waals surface area contributed by atoms with E-state index < -0.39 is 0 Å². The molecule has 3 rings (SSSR count). The van der Waals surface area contributed by atoms with Crippen molar-refractivity contribution in [2.45, 2.75) is 0 Å². The van der Waals surface area contributed by atoms with Crippen LogP contribution in [0.1, 0.15) is 0 Å². The molecule has 108 valence electrons. The van der Waals surface area contributed by atoms with E-state index in [0.717, 1.165) is 4.47 Å². The molecule has 0 fully saturated rings. The summed E-state index contributed by atoms with van der Waals surface area (Å²) in [7, 11) is 0. The fraction of sp³-hybridized carbons (Fsp3) is 0.231. The molecular weight excluding hydrogens is 336 g/mol. The summed E-state index contributed by atoms with van der Waals surface area (Å²) in [6, 6.07) is 1.76. The van der Waals surface area contributed by atoms with Crippen LogP contribution in [0, 0.1) is 0 Å². The van der Waals surface area contributed by atoms with E-state index >= 15 is 0 Å². The summed E-state index contributed by atoms with van der Waals surface area (Å²) >= 11 is 3.31. The number of aromatic nitrogens is 4. The van der Waals surface area contributed by atoms with Crippen LogP contribution in [0.4, 0.5) is 11.9 Å². The van der Waals surface area contributed by atoms with Crippen LogP contribution in [0.15, 0.2) is 47.2 Å². The largest absolute Gasteiger partial charge is 0.390 e. The normalized spacial score (nSPS) is 15.0. The van der Waals surface area contributed by atoms with Crippen molar-refractivity contribution in [3.63, 3.8) is 0 Å². The van der Waals surface area contributed by atoms with Gasteiger partial charge in [0.15, 0.2) is 0 Å². The van der Waals surface area contributed by atoms with Crippen LogP contribution in [0.2, 0.25) is 0 Å². The van der Waals surface area contributed by atoms with Gasteiger partial charge in [-0.1, -0.05) is 0 Å². The molecule has 0 amide bonds. The monoisotopic (exact) mass is 348 g/mol. The Morgan fingerprint density at radius 3 is 2.43 bits per heavy atom. The lowest BCUT2D eigenvalue weighted by Crippen LogP contribution is -2.41. The van der Waals surface area contributed by atoms with Crippen molar-refractivity contribution < 1.29 is 5.11 Å². The zero-order chi connectivity index (χ0) is 14.7. The Bertz CT molecular complexity index is 633. The molecule has 2 aromatic rings.